The Morgan fingerprint density at radius 1 is 1.25 bits per heavy atom. The van der Waals surface area contributed by atoms with Gasteiger partial charge in [-0.05, 0) is 29.6 Å². The van der Waals surface area contributed by atoms with Gasteiger partial charge in [0.1, 0.15) is 0 Å². The first-order valence-corrected chi connectivity index (χ1v) is 8.45. The molecule has 0 fully saturated rings. The van der Waals surface area contributed by atoms with Gasteiger partial charge in [0.25, 0.3) is 5.91 Å². The molecule has 0 saturated heterocycles. The molecule has 0 atom stereocenters. The Morgan fingerprint density at radius 2 is 2.04 bits per heavy atom. The Morgan fingerprint density at radius 3 is 2.75 bits per heavy atom. The van der Waals surface area contributed by atoms with Gasteiger partial charge in [-0.3, -0.25) is 10.1 Å². The minimum absolute atomic E-state index is 0.138. The number of anilines is 1. The average molecular weight is 412 g/mol. The Hall–Kier alpha value is -2.39. The van der Waals surface area contributed by atoms with Crippen LogP contribution in [0, 0.1) is 0 Å². The lowest BCUT2D eigenvalue weighted by molar-refractivity contribution is -0.123. The van der Waals surface area contributed by atoms with E-state index in [9.17, 15) is 14.4 Å². The molecule has 1 aromatic heterocycles. The molecular weight excluding hydrogens is 398 g/mol. The number of nitrogen functional groups attached to an aromatic ring is 1. The summed E-state index contributed by atoms with van der Waals surface area (Å²) in [6.45, 7) is -0.275. The van der Waals surface area contributed by atoms with Crippen LogP contribution in [0.5, 0.6) is 0 Å². The summed E-state index contributed by atoms with van der Waals surface area (Å²) in [6, 6.07) is 7.76. The monoisotopic (exact) mass is 411 g/mol. The number of benzene rings is 1. The van der Waals surface area contributed by atoms with Gasteiger partial charge in [0, 0.05) is 15.0 Å². The van der Waals surface area contributed by atoms with E-state index in [1.165, 1.54) is 17.4 Å². The Kier molecular flexibility index (Phi) is 6.33. The highest BCUT2D eigenvalue weighted by atomic mass is 79.9. The standard InChI is InChI=1S/C15H14BrN3O4S/c16-9-3-4-12(17)11(6-9)14(21)23-8-13(20)19-15(22)18-7-10-2-1-5-24-10/h1-6H,7-8,17H2,(H2,18,19,20,22). The topological polar surface area (TPSA) is 111 Å². The maximum absolute atomic E-state index is 11.9. The highest BCUT2D eigenvalue weighted by Crippen LogP contribution is 2.19. The minimum atomic E-state index is -0.747. The van der Waals surface area contributed by atoms with Crippen LogP contribution >= 0.6 is 27.3 Å². The summed E-state index contributed by atoms with van der Waals surface area (Å²) in [5, 5.41) is 6.48. The Balaban J connectivity index is 1.77. The average Bonchev–Trinajstić information content (AvgIpc) is 3.06. The number of nitrogens with two attached hydrogens (primary N) is 1. The van der Waals surface area contributed by atoms with Crippen molar-refractivity contribution in [2.24, 2.45) is 0 Å². The van der Waals surface area contributed by atoms with Crippen LogP contribution in [0.1, 0.15) is 15.2 Å². The number of hydrogen-bond donors (Lipinski definition) is 3. The van der Waals surface area contributed by atoms with Gasteiger partial charge in [0.2, 0.25) is 0 Å². The van der Waals surface area contributed by atoms with Crippen LogP contribution in [-0.2, 0) is 16.1 Å². The lowest BCUT2D eigenvalue weighted by Crippen LogP contribution is -2.41. The van der Waals surface area contributed by atoms with Crippen LogP contribution in [0.4, 0.5) is 10.5 Å². The molecule has 0 radical (unpaired) electrons. The molecule has 24 heavy (non-hydrogen) atoms. The molecule has 1 aromatic carbocycles. The smallest absolute Gasteiger partial charge is 0.340 e. The summed E-state index contributed by atoms with van der Waals surface area (Å²) < 4.78 is 5.50. The molecule has 4 N–H and O–H groups in total. The van der Waals surface area contributed by atoms with Gasteiger partial charge >= 0.3 is 12.0 Å². The zero-order chi connectivity index (χ0) is 17.5. The molecular formula is C15H14BrN3O4S. The van der Waals surface area contributed by atoms with Gasteiger partial charge in [-0.25, -0.2) is 9.59 Å². The second kappa shape index (κ2) is 8.46. The molecule has 3 amide bonds. The first-order chi connectivity index (χ1) is 11.5. The molecule has 0 aliphatic heterocycles. The van der Waals surface area contributed by atoms with E-state index in [1.807, 2.05) is 17.5 Å². The highest BCUT2D eigenvalue weighted by Gasteiger charge is 2.15. The van der Waals surface area contributed by atoms with Crippen molar-refractivity contribution in [2.75, 3.05) is 12.3 Å². The molecule has 9 heteroatoms. The van der Waals surface area contributed by atoms with Gasteiger partial charge in [-0.15, -0.1) is 11.3 Å². The van der Waals surface area contributed by atoms with Crippen molar-refractivity contribution in [1.29, 1.82) is 0 Å². The number of ether oxygens (including phenoxy) is 1. The van der Waals surface area contributed by atoms with Crippen molar-refractivity contribution in [2.45, 2.75) is 6.54 Å². The van der Waals surface area contributed by atoms with E-state index in [-0.39, 0.29) is 11.3 Å². The zero-order valence-corrected chi connectivity index (χ0v) is 14.8. The maximum atomic E-state index is 11.9. The zero-order valence-electron chi connectivity index (χ0n) is 12.4. The van der Waals surface area contributed by atoms with Crippen LogP contribution in [0.3, 0.4) is 0 Å². The molecule has 0 bridgehead atoms. The molecule has 0 saturated carbocycles. The quantitative estimate of drug-likeness (QED) is 0.516. The summed E-state index contributed by atoms with van der Waals surface area (Å²) in [6.07, 6.45) is 0. The first-order valence-electron chi connectivity index (χ1n) is 6.78. The molecule has 1 heterocycles. The Labute approximate surface area is 150 Å². The van der Waals surface area contributed by atoms with E-state index in [4.69, 9.17) is 10.5 Å². The third-order valence-corrected chi connectivity index (χ3v) is 4.20. The van der Waals surface area contributed by atoms with Gasteiger partial charge in [-0.1, -0.05) is 22.0 Å². The van der Waals surface area contributed by atoms with Gasteiger partial charge in [0.15, 0.2) is 6.61 Å². The largest absolute Gasteiger partial charge is 0.452 e. The molecule has 2 aromatic rings. The molecule has 126 valence electrons. The molecule has 0 aliphatic carbocycles. The second-order valence-electron chi connectivity index (χ2n) is 4.62. The van der Waals surface area contributed by atoms with Crippen LogP contribution in [0.15, 0.2) is 40.2 Å². The summed E-state index contributed by atoms with van der Waals surface area (Å²) >= 11 is 4.70. The number of esters is 1. The number of amides is 3. The summed E-state index contributed by atoms with van der Waals surface area (Å²) in [4.78, 5) is 36.0. The summed E-state index contributed by atoms with van der Waals surface area (Å²) in [5.74, 6) is -1.48. The van der Waals surface area contributed by atoms with Crippen LogP contribution in [0.25, 0.3) is 0 Å². The number of halogens is 1. The normalized spacial score (nSPS) is 10.0. The molecule has 0 aliphatic rings. The molecule has 2 rings (SSSR count). The third kappa shape index (κ3) is 5.36. The van der Waals surface area contributed by atoms with Gasteiger partial charge < -0.3 is 15.8 Å². The predicted octanol–water partition coefficient (Wildman–Crippen LogP) is 2.28. The van der Waals surface area contributed by atoms with Crippen molar-refractivity contribution in [3.05, 3.63) is 50.6 Å². The Bertz CT molecular complexity index is 749. The van der Waals surface area contributed by atoms with E-state index < -0.39 is 24.5 Å². The minimum Gasteiger partial charge on any atom is -0.452 e. The highest BCUT2D eigenvalue weighted by molar-refractivity contribution is 9.10. The number of imide groups is 1. The van der Waals surface area contributed by atoms with Gasteiger partial charge in [0.05, 0.1) is 12.1 Å². The van der Waals surface area contributed by atoms with E-state index in [0.29, 0.717) is 11.0 Å². The number of hydrogen-bond acceptors (Lipinski definition) is 6. The lowest BCUT2D eigenvalue weighted by Gasteiger charge is -2.08. The van der Waals surface area contributed by atoms with E-state index >= 15 is 0 Å². The SMILES string of the molecule is Nc1ccc(Br)cc1C(=O)OCC(=O)NC(=O)NCc1cccs1. The molecule has 7 nitrogen and oxygen atoms in total. The number of rotatable bonds is 5. The van der Waals surface area contributed by atoms with Crippen molar-refractivity contribution >= 4 is 50.9 Å². The summed E-state index contributed by atoms with van der Waals surface area (Å²) in [5.41, 5.74) is 6.05. The fraction of sp³-hybridized carbons (Fsp3) is 0.133. The van der Waals surface area contributed by atoms with Crippen LogP contribution in [0.2, 0.25) is 0 Å². The summed E-state index contributed by atoms with van der Waals surface area (Å²) in [7, 11) is 0. The second-order valence-corrected chi connectivity index (χ2v) is 6.57. The number of carbonyl (C=O) groups is 3. The predicted molar refractivity (Wildman–Crippen MR) is 93.5 cm³/mol. The van der Waals surface area contributed by atoms with Crippen molar-refractivity contribution < 1.29 is 19.1 Å². The van der Waals surface area contributed by atoms with E-state index in [0.717, 1.165) is 4.88 Å². The fourth-order valence-electron chi connectivity index (χ4n) is 1.70. The molecule has 0 unspecified atom stereocenters. The number of nitrogens with one attached hydrogen (secondary N) is 2. The van der Waals surface area contributed by atoms with Crippen molar-refractivity contribution in [1.82, 2.24) is 10.6 Å². The fourth-order valence-corrected chi connectivity index (χ4v) is 2.71. The third-order valence-electron chi connectivity index (χ3n) is 2.83. The maximum Gasteiger partial charge on any atom is 0.340 e. The van der Waals surface area contributed by atoms with Crippen LogP contribution in [-0.4, -0.2) is 24.5 Å². The van der Waals surface area contributed by atoms with Crippen molar-refractivity contribution in [3.8, 4) is 0 Å². The van der Waals surface area contributed by atoms with E-state index in [1.54, 1.807) is 12.1 Å². The van der Waals surface area contributed by atoms with Gasteiger partial charge in [-0.2, -0.15) is 0 Å². The lowest BCUT2D eigenvalue weighted by atomic mass is 10.2. The van der Waals surface area contributed by atoms with Crippen LogP contribution < -0.4 is 16.4 Å². The molecule has 0 spiro atoms. The number of carbonyl (C=O) groups excluding carboxylic acids is 3. The first kappa shape index (κ1) is 18.0. The number of thiophene rings is 1. The van der Waals surface area contributed by atoms with E-state index in [2.05, 4.69) is 26.6 Å². The number of urea groups is 1. The van der Waals surface area contributed by atoms with Crippen molar-refractivity contribution in [3.63, 3.8) is 0 Å².